The molecule has 108 valence electrons. The molecule has 0 amide bonds. The average molecular weight is 279 g/mol. The topological polar surface area (TPSA) is 12.0 Å². The molecule has 1 aliphatic carbocycles. The third-order valence-corrected chi connectivity index (χ3v) is 4.93. The Morgan fingerprint density at radius 1 is 1.26 bits per heavy atom. The van der Waals surface area contributed by atoms with Crippen molar-refractivity contribution >= 4 is 11.3 Å². The van der Waals surface area contributed by atoms with Crippen LogP contribution in [0.15, 0.2) is 16.8 Å². The maximum atomic E-state index is 3.87. The van der Waals surface area contributed by atoms with Gasteiger partial charge in [0.2, 0.25) is 0 Å². The lowest BCUT2D eigenvalue weighted by molar-refractivity contribution is 0.0812. The summed E-state index contributed by atoms with van der Waals surface area (Å²) in [6.45, 7) is 12.0. The summed E-state index contributed by atoms with van der Waals surface area (Å²) < 4.78 is 0. The molecule has 2 rings (SSSR count). The van der Waals surface area contributed by atoms with Crippen LogP contribution >= 0.6 is 11.3 Å². The van der Waals surface area contributed by atoms with Crippen LogP contribution in [0.2, 0.25) is 0 Å². The first-order valence-corrected chi connectivity index (χ1v) is 8.47. The van der Waals surface area contributed by atoms with Gasteiger partial charge in [-0.25, -0.2) is 0 Å². The number of hydrogen-bond acceptors (Lipinski definition) is 2. The highest BCUT2D eigenvalue weighted by molar-refractivity contribution is 7.07. The highest BCUT2D eigenvalue weighted by atomic mass is 32.1. The zero-order chi connectivity index (χ0) is 14.1. The van der Waals surface area contributed by atoms with Crippen molar-refractivity contribution in [3.63, 3.8) is 0 Å². The first kappa shape index (κ1) is 15.1. The first-order chi connectivity index (χ1) is 8.76. The molecule has 19 heavy (non-hydrogen) atoms. The Hall–Kier alpha value is -0.340. The highest BCUT2D eigenvalue weighted by Gasteiger charge is 2.38. The minimum atomic E-state index is 0.474. The second-order valence-electron chi connectivity index (χ2n) is 8.01. The Bertz CT molecular complexity index is 375. The van der Waals surface area contributed by atoms with E-state index in [1.807, 2.05) is 0 Å². The van der Waals surface area contributed by atoms with Crippen LogP contribution in [0.4, 0.5) is 0 Å². The lowest BCUT2D eigenvalue weighted by Crippen LogP contribution is -2.47. The van der Waals surface area contributed by atoms with Crippen LogP contribution in [-0.4, -0.2) is 12.1 Å². The maximum Gasteiger partial charge on any atom is 0.00820 e. The summed E-state index contributed by atoms with van der Waals surface area (Å²) in [5.41, 5.74) is 2.42. The average Bonchev–Trinajstić information content (AvgIpc) is 2.63. The monoisotopic (exact) mass is 279 g/mol. The molecule has 0 spiro atoms. The molecular weight excluding hydrogens is 250 g/mol. The van der Waals surface area contributed by atoms with Crippen LogP contribution in [0, 0.1) is 10.8 Å². The molecule has 0 aromatic carbocycles. The van der Waals surface area contributed by atoms with E-state index < -0.39 is 0 Å². The molecule has 2 heteroatoms. The minimum absolute atomic E-state index is 0.474. The van der Waals surface area contributed by atoms with E-state index in [1.165, 1.54) is 24.8 Å². The number of thiophene rings is 1. The van der Waals surface area contributed by atoms with Crippen molar-refractivity contribution in [3.8, 4) is 0 Å². The summed E-state index contributed by atoms with van der Waals surface area (Å²) in [5.74, 6) is 0. The minimum Gasteiger partial charge on any atom is -0.311 e. The standard InChI is InChI=1S/C17H29NS/c1-13(8-14-6-7-19-11-14)18-15-9-16(2,3)12-17(4,5)10-15/h6-7,11,13,15,18H,8-10,12H2,1-5H3. The lowest BCUT2D eigenvalue weighted by Gasteiger charge is -2.46. The van der Waals surface area contributed by atoms with Crippen LogP contribution in [0.1, 0.15) is 59.4 Å². The molecule has 1 saturated carbocycles. The largest absolute Gasteiger partial charge is 0.311 e. The van der Waals surface area contributed by atoms with Gasteiger partial charge in [-0.15, -0.1) is 0 Å². The van der Waals surface area contributed by atoms with E-state index in [-0.39, 0.29) is 0 Å². The molecule has 0 bridgehead atoms. The lowest BCUT2D eigenvalue weighted by atomic mass is 9.63. The normalized spacial score (nSPS) is 24.3. The first-order valence-electron chi connectivity index (χ1n) is 7.53. The van der Waals surface area contributed by atoms with E-state index in [1.54, 1.807) is 11.3 Å². The van der Waals surface area contributed by atoms with Gasteiger partial charge in [-0.1, -0.05) is 27.7 Å². The Balaban J connectivity index is 1.91. The molecule has 1 aromatic rings. The van der Waals surface area contributed by atoms with Crippen molar-refractivity contribution in [2.24, 2.45) is 10.8 Å². The maximum absolute atomic E-state index is 3.87. The zero-order valence-corrected chi connectivity index (χ0v) is 13.9. The number of hydrogen-bond donors (Lipinski definition) is 1. The molecule has 1 atom stereocenters. The van der Waals surface area contributed by atoms with Crippen molar-refractivity contribution in [2.45, 2.75) is 72.4 Å². The van der Waals surface area contributed by atoms with Crippen LogP contribution in [0.25, 0.3) is 0 Å². The Labute approximate surface area is 122 Å². The van der Waals surface area contributed by atoms with Crippen LogP contribution < -0.4 is 5.32 Å². The van der Waals surface area contributed by atoms with E-state index in [0.717, 1.165) is 6.42 Å². The van der Waals surface area contributed by atoms with Crippen molar-refractivity contribution in [1.82, 2.24) is 5.32 Å². The fourth-order valence-electron chi connectivity index (χ4n) is 4.19. The Kier molecular flexibility index (Phi) is 4.42. The summed E-state index contributed by atoms with van der Waals surface area (Å²) in [4.78, 5) is 0. The van der Waals surface area contributed by atoms with Gasteiger partial charge < -0.3 is 5.32 Å². The van der Waals surface area contributed by atoms with Crippen molar-refractivity contribution in [1.29, 1.82) is 0 Å². The zero-order valence-electron chi connectivity index (χ0n) is 13.1. The van der Waals surface area contributed by atoms with Gasteiger partial charge in [0.05, 0.1) is 0 Å². The molecular formula is C17H29NS. The molecule has 0 radical (unpaired) electrons. The summed E-state index contributed by atoms with van der Waals surface area (Å²) in [6, 6.07) is 3.49. The fraction of sp³-hybridized carbons (Fsp3) is 0.765. The van der Waals surface area contributed by atoms with Crippen LogP contribution in [-0.2, 0) is 6.42 Å². The van der Waals surface area contributed by atoms with E-state index in [2.05, 4.69) is 56.8 Å². The Morgan fingerprint density at radius 2 is 1.89 bits per heavy atom. The van der Waals surface area contributed by atoms with Crippen molar-refractivity contribution in [2.75, 3.05) is 0 Å². The predicted octanol–water partition coefficient (Wildman–Crippen LogP) is 4.87. The smallest absolute Gasteiger partial charge is 0.00820 e. The predicted molar refractivity (Wildman–Crippen MR) is 85.8 cm³/mol. The van der Waals surface area contributed by atoms with E-state index in [0.29, 0.717) is 22.9 Å². The van der Waals surface area contributed by atoms with E-state index in [9.17, 15) is 0 Å². The molecule has 1 aromatic heterocycles. The molecule has 1 heterocycles. The van der Waals surface area contributed by atoms with Crippen LogP contribution in [0.3, 0.4) is 0 Å². The summed E-state index contributed by atoms with van der Waals surface area (Å²) in [5, 5.41) is 8.32. The summed E-state index contributed by atoms with van der Waals surface area (Å²) >= 11 is 1.80. The second-order valence-corrected chi connectivity index (χ2v) is 8.79. The summed E-state index contributed by atoms with van der Waals surface area (Å²) in [7, 11) is 0. The van der Waals surface area contributed by atoms with Gasteiger partial charge in [0, 0.05) is 12.1 Å². The van der Waals surface area contributed by atoms with Gasteiger partial charge in [0.1, 0.15) is 0 Å². The number of rotatable bonds is 4. The van der Waals surface area contributed by atoms with E-state index in [4.69, 9.17) is 0 Å². The third-order valence-electron chi connectivity index (χ3n) is 4.20. The molecule has 1 N–H and O–H groups in total. The van der Waals surface area contributed by atoms with Gasteiger partial charge in [0.15, 0.2) is 0 Å². The van der Waals surface area contributed by atoms with Gasteiger partial charge in [-0.05, 0) is 65.8 Å². The van der Waals surface area contributed by atoms with Crippen molar-refractivity contribution < 1.29 is 0 Å². The molecule has 1 unspecified atom stereocenters. The number of nitrogens with one attached hydrogen (secondary N) is 1. The van der Waals surface area contributed by atoms with E-state index >= 15 is 0 Å². The molecule has 0 saturated heterocycles. The van der Waals surface area contributed by atoms with Crippen LogP contribution in [0.5, 0.6) is 0 Å². The molecule has 0 aliphatic heterocycles. The quantitative estimate of drug-likeness (QED) is 0.829. The summed E-state index contributed by atoms with van der Waals surface area (Å²) in [6.07, 6.45) is 5.12. The second kappa shape index (κ2) is 5.57. The third kappa shape index (κ3) is 4.61. The SMILES string of the molecule is CC(Cc1ccsc1)NC1CC(C)(C)CC(C)(C)C1. The fourth-order valence-corrected chi connectivity index (χ4v) is 4.87. The molecule has 1 fully saturated rings. The van der Waals surface area contributed by atoms with Gasteiger partial charge >= 0.3 is 0 Å². The van der Waals surface area contributed by atoms with Gasteiger partial charge in [0.25, 0.3) is 0 Å². The highest BCUT2D eigenvalue weighted by Crippen LogP contribution is 2.45. The van der Waals surface area contributed by atoms with Gasteiger partial charge in [-0.2, -0.15) is 11.3 Å². The van der Waals surface area contributed by atoms with Crippen molar-refractivity contribution in [3.05, 3.63) is 22.4 Å². The molecule has 1 nitrogen and oxygen atoms in total. The Morgan fingerprint density at radius 3 is 2.42 bits per heavy atom. The van der Waals surface area contributed by atoms with Gasteiger partial charge in [-0.3, -0.25) is 0 Å². The molecule has 1 aliphatic rings.